The van der Waals surface area contributed by atoms with Crippen molar-refractivity contribution >= 4 is 27.3 Å². The Morgan fingerprint density at radius 2 is 2.11 bits per heavy atom. The Hall–Kier alpha value is -1.14. The summed E-state index contributed by atoms with van der Waals surface area (Å²) in [5.74, 6) is 0. The Kier molecular flexibility index (Phi) is 5.10. The number of nitro groups is 1. The average Bonchev–Trinajstić information content (AvgIpc) is 2.28. The van der Waals surface area contributed by atoms with Crippen LogP contribution in [-0.4, -0.2) is 36.5 Å². The molecule has 0 amide bonds. The molecule has 1 unspecified atom stereocenters. The molecule has 6 heteroatoms. The van der Waals surface area contributed by atoms with Crippen molar-refractivity contribution in [1.29, 1.82) is 0 Å². The minimum atomic E-state index is -0.369. The van der Waals surface area contributed by atoms with Gasteiger partial charge >= 0.3 is 0 Å². The van der Waals surface area contributed by atoms with Gasteiger partial charge in [-0.2, -0.15) is 0 Å². The van der Waals surface area contributed by atoms with Crippen LogP contribution in [0.2, 0.25) is 0 Å². The SMILES string of the molecule is Cc1cc(NCC(C)N(C)C)c(Br)cc1[N+](=O)[O-]. The van der Waals surface area contributed by atoms with E-state index in [9.17, 15) is 10.1 Å². The maximum atomic E-state index is 10.8. The number of nitro benzene ring substituents is 1. The van der Waals surface area contributed by atoms with E-state index in [4.69, 9.17) is 0 Å². The molecule has 100 valence electrons. The number of anilines is 1. The smallest absolute Gasteiger partial charge is 0.273 e. The molecule has 18 heavy (non-hydrogen) atoms. The number of benzene rings is 1. The maximum absolute atomic E-state index is 10.8. The lowest BCUT2D eigenvalue weighted by atomic mass is 10.1. The van der Waals surface area contributed by atoms with Gasteiger partial charge in [0.15, 0.2) is 0 Å². The fourth-order valence-electron chi connectivity index (χ4n) is 1.44. The molecule has 1 aromatic carbocycles. The largest absolute Gasteiger partial charge is 0.383 e. The van der Waals surface area contributed by atoms with Gasteiger partial charge in [0.05, 0.1) is 4.92 Å². The summed E-state index contributed by atoms with van der Waals surface area (Å²) in [7, 11) is 4.03. The summed E-state index contributed by atoms with van der Waals surface area (Å²) < 4.78 is 0.714. The highest BCUT2D eigenvalue weighted by atomic mass is 79.9. The number of likely N-dealkylation sites (N-methyl/N-ethyl adjacent to an activating group) is 1. The first-order chi connectivity index (χ1) is 8.32. The van der Waals surface area contributed by atoms with Crippen LogP contribution in [0.25, 0.3) is 0 Å². The fourth-order valence-corrected chi connectivity index (χ4v) is 1.91. The van der Waals surface area contributed by atoms with E-state index in [1.807, 2.05) is 14.1 Å². The quantitative estimate of drug-likeness (QED) is 0.670. The second-order valence-corrected chi connectivity index (χ2v) is 5.42. The topological polar surface area (TPSA) is 58.4 Å². The second-order valence-electron chi connectivity index (χ2n) is 4.57. The normalized spacial score (nSPS) is 12.6. The Bertz CT molecular complexity index is 449. The maximum Gasteiger partial charge on any atom is 0.273 e. The summed E-state index contributed by atoms with van der Waals surface area (Å²) in [6, 6.07) is 3.72. The number of hydrogen-bond acceptors (Lipinski definition) is 4. The Morgan fingerprint density at radius 3 is 2.61 bits per heavy atom. The monoisotopic (exact) mass is 315 g/mol. The van der Waals surface area contributed by atoms with Crippen LogP contribution >= 0.6 is 15.9 Å². The lowest BCUT2D eigenvalue weighted by molar-refractivity contribution is -0.385. The molecule has 0 fully saturated rings. The molecule has 0 bridgehead atoms. The highest BCUT2D eigenvalue weighted by molar-refractivity contribution is 9.10. The van der Waals surface area contributed by atoms with Gasteiger partial charge in [-0.05, 0) is 49.9 Å². The van der Waals surface area contributed by atoms with Gasteiger partial charge in [0.1, 0.15) is 0 Å². The zero-order valence-corrected chi connectivity index (χ0v) is 12.6. The van der Waals surface area contributed by atoms with Gasteiger partial charge in [-0.3, -0.25) is 10.1 Å². The van der Waals surface area contributed by atoms with Crippen LogP contribution in [-0.2, 0) is 0 Å². The van der Waals surface area contributed by atoms with Crippen molar-refractivity contribution in [3.05, 3.63) is 32.3 Å². The molecule has 0 aliphatic heterocycles. The van der Waals surface area contributed by atoms with Crippen LogP contribution in [0, 0.1) is 17.0 Å². The molecule has 0 aliphatic carbocycles. The standard InChI is InChI=1S/C12H18BrN3O2/c1-8-5-11(14-7-9(2)15(3)4)10(13)6-12(8)16(17)18/h5-6,9,14H,7H2,1-4H3. The first-order valence-corrected chi connectivity index (χ1v) is 6.47. The summed E-state index contributed by atoms with van der Waals surface area (Å²) in [4.78, 5) is 12.5. The molecule has 1 N–H and O–H groups in total. The van der Waals surface area contributed by atoms with Gasteiger partial charge in [-0.15, -0.1) is 0 Å². The van der Waals surface area contributed by atoms with Gasteiger partial charge in [0.2, 0.25) is 0 Å². The minimum absolute atomic E-state index is 0.132. The van der Waals surface area contributed by atoms with Crippen molar-refractivity contribution < 1.29 is 4.92 Å². The van der Waals surface area contributed by atoms with Crippen molar-refractivity contribution in [3.63, 3.8) is 0 Å². The highest BCUT2D eigenvalue weighted by Crippen LogP contribution is 2.30. The average molecular weight is 316 g/mol. The van der Waals surface area contributed by atoms with E-state index in [2.05, 4.69) is 33.1 Å². The predicted molar refractivity (Wildman–Crippen MR) is 77.2 cm³/mol. The van der Waals surface area contributed by atoms with Crippen LogP contribution in [0.15, 0.2) is 16.6 Å². The number of aryl methyl sites for hydroxylation is 1. The molecule has 0 heterocycles. The van der Waals surface area contributed by atoms with E-state index < -0.39 is 0 Å². The molecular weight excluding hydrogens is 298 g/mol. The van der Waals surface area contributed by atoms with E-state index in [-0.39, 0.29) is 10.6 Å². The van der Waals surface area contributed by atoms with Gasteiger partial charge in [0.25, 0.3) is 5.69 Å². The summed E-state index contributed by atoms with van der Waals surface area (Å²) in [5.41, 5.74) is 1.67. The van der Waals surface area contributed by atoms with Crippen LogP contribution in [0.4, 0.5) is 11.4 Å². The molecule has 0 saturated carbocycles. The van der Waals surface area contributed by atoms with Crippen LogP contribution in [0.1, 0.15) is 12.5 Å². The minimum Gasteiger partial charge on any atom is -0.383 e. The molecule has 0 aliphatic rings. The fraction of sp³-hybridized carbons (Fsp3) is 0.500. The third-order valence-corrected chi connectivity index (χ3v) is 3.61. The second kappa shape index (κ2) is 6.15. The van der Waals surface area contributed by atoms with Crippen LogP contribution in [0.3, 0.4) is 0 Å². The third-order valence-electron chi connectivity index (χ3n) is 2.95. The number of nitrogens with zero attached hydrogens (tertiary/aromatic N) is 2. The van der Waals surface area contributed by atoms with Crippen LogP contribution in [0.5, 0.6) is 0 Å². The molecule has 1 rings (SSSR count). The number of halogens is 1. The van der Waals surface area contributed by atoms with Crippen LogP contribution < -0.4 is 5.32 Å². The van der Waals surface area contributed by atoms with Crippen molar-refractivity contribution in [2.75, 3.05) is 26.0 Å². The Balaban J connectivity index is 2.85. The van der Waals surface area contributed by atoms with Gasteiger partial charge in [-0.25, -0.2) is 0 Å². The number of hydrogen-bond donors (Lipinski definition) is 1. The Labute approximate surface area is 115 Å². The number of nitrogens with one attached hydrogen (secondary N) is 1. The molecule has 1 aromatic rings. The highest BCUT2D eigenvalue weighted by Gasteiger charge is 2.14. The predicted octanol–water partition coefficient (Wildman–Crippen LogP) is 3.03. The number of rotatable bonds is 5. The molecule has 0 aromatic heterocycles. The van der Waals surface area contributed by atoms with E-state index in [0.29, 0.717) is 16.1 Å². The van der Waals surface area contributed by atoms with Gasteiger partial charge < -0.3 is 10.2 Å². The van der Waals surface area contributed by atoms with Gasteiger partial charge in [0, 0.05) is 34.4 Å². The first kappa shape index (κ1) is 14.9. The third kappa shape index (κ3) is 3.68. The lowest BCUT2D eigenvalue weighted by Gasteiger charge is -2.21. The zero-order chi connectivity index (χ0) is 13.9. The van der Waals surface area contributed by atoms with Crippen molar-refractivity contribution in [1.82, 2.24) is 4.90 Å². The van der Waals surface area contributed by atoms with Crippen molar-refractivity contribution in [3.8, 4) is 0 Å². The summed E-state index contributed by atoms with van der Waals surface area (Å²) in [6.07, 6.45) is 0. The molecule has 0 spiro atoms. The molecule has 5 nitrogen and oxygen atoms in total. The summed E-state index contributed by atoms with van der Waals surface area (Å²) in [6.45, 7) is 4.63. The van der Waals surface area contributed by atoms with E-state index in [1.165, 1.54) is 6.07 Å². The lowest BCUT2D eigenvalue weighted by Crippen LogP contribution is -2.31. The van der Waals surface area contributed by atoms with E-state index >= 15 is 0 Å². The molecule has 0 radical (unpaired) electrons. The molecule has 1 atom stereocenters. The van der Waals surface area contributed by atoms with E-state index in [1.54, 1.807) is 13.0 Å². The zero-order valence-electron chi connectivity index (χ0n) is 11.0. The van der Waals surface area contributed by atoms with Gasteiger partial charge in [-0.1, -0.05) is 0 Å². The van der Waals surface area contributed by atoms with E-state index in [0.717, 1.165) is 12.2 Å². The molecule has 0 saturated heterocycles. The molecular formula is C12H18BrN3O2. The van der Waals surface area contributed by atoms with Crippen molar-refractivity contribution in [2.24, 2.45) is 0 Å². The summed E-state index contributed by atoms with van der Waals surface area (Å²) in [5, 5.41) is 14.1. The first-order valence-electron chi connectivity index (χ1n) is 5.67. The Morgan fingerprint density at radius 1 is 1.50 bits per heavy atom. The van der Waals surface area contributed by atoms with Crippen molar-refractivity contribution in [2.45, 2.75) is 19.9 Å². The summed E-state index contributed by atoms with van der Waals surface area (Å²) >= 11 is 3.36.